The number of carbonyl (C=O) groups excluding carboxylic acids is 1. The Hall–Kier alpha value is -3.97. The van der Waals surface area contributed by atoms with E-state index in [1.165, 1.54) is 0 Å². The van der Waals surface area contributed by atoms with Crippen molar-refractivity contribution in [1.82, 2.24) is 19.6 Å². The Labute approximate surface area is 182 Å². The van der Waals surface area contributed by atoms with E-state index in [1.54, 1.807) is 22.9 Å². The molecule has 0 radical (unpaired) electrons. The number of fused-ring (bicyclic) bond motifs is 3. The molecule has 0 aliphatic rings. The van der Waals surface area contributed by atoms with Gasteiger partial charge in [0.2, 0.25) is 0 Å². The van der Waals surface area contributed by atoms with Crippen LogP contribution in [0.25, 0.3) is 16.7 Å². The zero-order valence-electron chi connectivity index (χ0n) is 16.5. The molecule has 1 N–H and O–H groups in total. The maximum Gasteiger partial charge on any atom is 0.257 e. The monoisotopic (exact) mass is 428 g/mol. The van der Waals surface area contributed by atoms with E-state index in [-0.39, 0.29) is 5.91 Å². The molecular weight excluding hydrogens is 412 g/mol. The normalized spacial score (nSPS) is 11.0. The lowest BCUT2D eigenvalue weighted by Crippen LogP contribution is -2.15. The van der Waals surface area contributed by atoms with Gasteiger partial charge in [-0.25, -0.2) is 0 Å². The molecule has 0 fully saturated rings. The van der Waals surface area contributed by atoms with Crippen LogP contribution in [0, 0.1) is 0 Å². The summed E-state index contributed by atoms with van der Waals surface area (Å²) in [5, 5.41) is 12.5. The number of anilines is 3. The van der Waals surface area contributed by atoms with E-state index >= 15 is 0 Å². The second-order valence-electron chi connectivity index (χ2n) is 7.03. The van der Waals surface area contributed by atoms with Crippen molar-refractivity contribution in [3.63, 3.8) is 0 Å². The summed E-state index contributed by atoms with van der Waals surface area (Å²) >= 11 is 6.23. The summed E-state index contributed by atoms with van der Waals surface area (Å²) in [5.74, 6) is 1.02. The summed E-state index contributed by atoms with van der Waals surface area (Å²) in [4.78, 5) is 19.2. The van der Waals surface area contributed by atoms with Crippen molar-refractivity contribution in [3.8, 4) is 0 Å². The number of hydrogen-bond acceptors (Lipinski definition) is 5. The average molecular weight is 429 g/mol. The SMILES string of the molecule is CN(c1cccc(NC(=O)c2ccccc2)c1)c1nc2nncn2c2cc(Cl)ccc12. The molecule has 1 amide bonds. The molecular formula is C23H17ClN6O. The number of nitrogens with one attached hydrogen (secondary N) is 1. The lowest BCUT2D eigenvalue weighted by molar-refractivity contribution is 0.102. The average Bonchev–Trinajstić information content (AvgIpc) is 3.28. The Morgan fingerprint density at radius 2 is 1.87 bits per heavy atom. The van der Waals surface area contributed by atoms with Crippen LogP contribution in [0.15, 0.2) is 79.1 Å². The Morgan fingerprint density at radius 3 is 2.71 bits per heavy atom. The van der Waals surface area contributed by atoms with Gasteiger partial charge in [0.15, 0.2) is 0 Å². The van der Waals surface area contributed by atoms with Gasteiger partial charge in [-0.1, -0.05) is 35.9 Å². The van der Waals surface area contributed by atoms with Gasteiger partial charge in [0.1, 0.15) is 12.1 Å². The molecule has 5 aromatic rings. The van der Waals surface area contributed by atoms with Crippen LogP contribution in [0.1, 0.15) is 10.4 Å². The van der Waals surface area contributed by atoms with Crippen LogP contribution in [0.5, 0.6) is 0 Å². The Morgan fingerprint density at radius 1 is 1.03 bits per heavy atom. The first-order valence-corrected chi connectivity index (χ1v) is 9.97. The summed E-state index contributed by atoms with van der Waals surface area (Å²) < 4.78 is 1.80. The third kappa shape index (κ3) is 3.55. The van der Waals surface area contributed by atoms with Gasteiger partial charge in [0, 0.05) is 34.4 Å². The van der Waals surface area contributed by atoms with Crippen LogP contribution in [0.4, 0.5) is 17.2 Å². The van der Waals surface area contributed by atoms with Crippen LogP contribution in [0.2, 0.25) is 5.02 Å². The lowest BCUT2D eigenvalue weighted by atomic mass is 10.2. The highest BCUT2D eigenvalue weighted by molar-refractivity contribution is 6.31. The molecule has 0 aliphatic heterocycles. The number of carbonyl (C=O) groups is 1. The number of halogens is 1. The largest absolute Gasteiger partial charge is 0.329 e. The third-order valence-corrected chi connectivity index (χ3v) is 5.28. The molecule has 0 aliphatic carbocycles. The van der Waals surface area contributed by atoms with Gasteiger partial charge in [-0.2, -0.15) is 4.98 Å². The molecule has 2 aromatic heterocycles. The van der Waals surface area contributed by atoms with Gasteiger partial charge in [-0.3, -0.25) is 9.20 Å². The summed E-state index contributed by atoms with van der Waals surface area (Å²) in [7, 11) is 1.92. The van der Waals surface area contributed by atoms with E-state index < -0.39 is 0 Å². The van der Waals surface area contributed by atoms with Gasteiger partial charge in [0.05, 0.1) is 5.52 Å². The van der Waals surface area contributed by atoms with Crippen LogP contribution in [0.3, 0.4) is 0 Å². The van der Waals surface area contributed by atoms with Gasteiger partial charge in [-0.05, 0) is 48.5 Å². The number of benzene rings is 3. The predicted molar refractivity (Wildman–Crippen MR) is 122 cm³/mol. The number of rotatable bonds is 4. The minimum absolute atomic E-state index is 0.163. The minimum atomic E-state index is -0.163. The molecule has 2 heterocycles. The van der Waals surface area contributed by atoms with Crippen molar-refractivity contribution in [2.75, 3.05) is 17.3 Å². The van der Waals surface area contributed by atoms with Crippen molar-refractivity contribution in [2.24, 2.45) is 0 Å². The first kappa shape index (κ1) is 19.0. The topological polar surface area (TPSA) is 75.4 Å². The standard InChI is InChI=1S/C23H17ClN6O/c1-29(18-9-5-8-17(13-18)26-22(31)15-6-3-2-4-7-15)21-19-11-10-16(24)12-20(19)30-14-25-28-23(30)27-21/h2-14H,1H3,(H,26,31). The van der Waals surface area contributed by atoms with E-state index in [0.717, 1.165) is 16.6 Å². The predicted octanol–water partition coefficient (Wildman–Crippen LogP) is 4.95. The molecule has 0 saturated heterocycles. The lowest BCUT2D eigenvalue weighted by Gasteiger charge is -2.21. The summed E-state index contributed by atoms with van der Waals surface area (Å²) in [6.45, 7) is 0. The van der Waals surface area contributed by atoms with E-state index in [4.69, 9.17) is 16.6 Å². The quantitative estimate of drug-likeness (QED) is 0.438. The number of aromatic nitrogens is 4. The van der Waals surface area contributed by atoms with Crippen molar-refractivity contribution < 1.29 is 4.79 Å². The summed E-state index contributed by atoms with van der Waals surface area (Å²) in [6, 6.07) is 22.3. The second-order valence-corrected chi connectivity index (χ2v) is 7.46. The number of nitrogens with zero attached hydrogens (tertiary/aromatic N) is 5. The maximum atomic E-state index is 12.5. The Bertz CT molecular complexity index is 1420. The van der Waals surface area contributed by atoms with Crippen molar-refractivity contribution >= 4 is 51.4 Å². The van der Waals surface area contributed by atoms with E-state index in [2.05, 4.69) is 15.5 Å². The maximum absolute atomic E-state index is 12.5. The fourth-order valence-corrected chi connectivity index (χ4v) is 3.65. The summed E-state index contributed by atoms with van der Waals surface area (Å²) in [5.41, 5.74) is 3.01. The van der Waals surface area contributed by atoms with Crippen molar-refractivity contribution in [3.05, 3.63) is 89.7 Å². The number of hydrogen-bond donors (Lipinski definition) is 1. The summed E-state index contributed by atoms with van der Waals surface area (Å²) in [6.07, 6.45) is 1.62. The highest BCUT2D eigenvalue weighted by Gasteiger charge is 2.15. The Balaban J connectivity index is 1.53. The highest BCUT2D eigenvalue weighted by Crippen LogP contribution is 2.32. The van der Waals surface area contributed by atoms with Gasteiger partial charge in [-0.15, -0.1) is 10.2 Å². The molecule has 3 aromatic carbocycles. The highest BCUT2D eigenvalue weighted by atomic mass is 35.5. The van der Waals surface area contributed by atoms with Crippen LogP contribution in [-0.2, 0) is 0 Å². The minimum Gasteiger partial charge on any atom is -0.329 e. The molecule has 152 valence electrons. The molecule has 0 saturated carbocycles. The smallest absolute Gasteiger partial charge is 0.257 e. The van der Waals surface area contributed by atoms with Crippen molar-refractivity contribution in [1.29, 1.82) is 0 Å². The molecule has 7 nitrogen and oxygen atoms in total. The van der Waals surface area contributed by atoms with Gasteiger partial charge >= 0.3 is 0 Å². The van der Waals surface area contributed by atoms with Crippen LogP contribution < -0.4 is 10.2 Å². The molecule has 0 spiro atoms. The van der Waals surface area contributed by atoms with E-state index in [1.807, 2.05) is 72.6 Å². The van der Waals surface area contributed by atoms with Gasteiger partial charge in [0.25, 0.3) is 11.7 Å². The molecule has 0 unspecified atom stereocenters. The molecule has 0 atom stereocenters. The fraction of sp³-hybridized carbons (Fsp3) is 0.0435. The zero-order valence-corrected chi connectivity index (χ0v) is 17.3. The molecule has 8 heteroatoms. The molecule has 31 heavy (non-hydrogen) atoms. The van der Waals surface area contributed by atoms with Crippen molar-refractivity contribution in [2.45, 2.75) is 0 Å². The van der Waals surface area contributed by atoms with Gasteiger partial charge < -0.3 is 10.2 Å². The van der Waals surface area contributed by atoms with Crippen LogP contribution in [-0.4, -0.2) is 32.5 Å². The number of amides is 1. The second kappa shape index (κ2) is 7.70. The van der Waals surface area contributed by atoms with E-state index in [0.29, 0.717) is 27.9 Å². The first-order valence-electron chi connectivity index (χ1n) is 9.59. The molecule has 0 bridgehead atoms. The zero-order chi connectivity index (χ0) is 21.4. The first-order chi connectivity index (χ1) is 15.1. The third-order valence-electron chi connectivity index (χ3n) is 5.04. The van der Waals surface area contributed by atoms with E-state index in [9.17, 15) is 4.79 Å². The van der Waals surface area contributed by atoms with Crippen LogP contribution >= 0.6 is 11.6 Å². The fourth-order valence-electron chi connectivity index (χ4n) is 3.49. The molecule has 5 rings (SSSR count). The Kier molecular flexibility index (Phi) is 4.72.